The summed E-state index contributed by atoms with van der Waals surface area (Å²) in [7, 11) is 0. The lowest BCUT2D eigenvalue weighted by atomic mass is 10.0. The van der Waals surface area contributed by atoms with Crippen molar-refractivity contribution in [3.05, 3.63) is 12.2 Å². The zero-order valence-corrected chi connectivity index (χ0v) is 55.4. The quantitative estimate of drug-likeness (QED) is 0.0261. The van der Waals surface area contributed by atoms with Gasteiger partial charge in [0.05, 0.1) is 0 Å². The summed E-state index contributed by atoms with van der Waals surface area (Å²) in [6.07, 6.45) is 85.5. The van der Waals surface area contributed by atoms with E-state index in [2.05, 4.69) is 32.9 Å². The molecule has 0 radical (unpaired) electrons. The molecular formula is C75H144O6. The molecule has 0 aromatic heterocycles. The number of unbranched alkanes of at least 4 members (excludes halogenated alkanes) is 57. The monoisotopic (exact) mass is 1140 g/mol. The molecule has 1 unspecified atom stereocenters. The summed E-state index contributed by atoms with van der Waals surface area (Å²) in [5, 5.41) is 0. The average Bonchev–Trinajstić information content (AvgIpc) is 3.47. The van der Waals surface area contributed by atoms with Crippen LogP contribution in [-0.4, -0.2) is 37.2 Å². The van der Waals surface area contributed by atoms with Gasteiger partial charge in [0.25, 0.3) is 0 Å². The molecule has 0 amide bonds. The van der Waals surface area contributed by atoms with E-state index in [9.17, 15) is 14.4 Å². The summed E-state index contributed by atoms with van der Waals surface area (Å²) >= 11 is 0. The van der Waals surface area contributed by atoms with Gasteiger partial charge in [0, 0.05) is 19.3 Å². The van der Waals surface area contributed by atoms with E-state index in [0.29, 0.717) is 19.3 Å². The first kappa shape index (κ1) is 79.2. The largest absolute Gasteiger partial charge is 0.462 e. The molecule has 0 N–H and O–H groups in total. The van der Waals surface area contributed by atoms with Crippen LogP contribution < -0.4 is 0 Å². The van der Waals surface area contributed by atoms with E-state index >= 15 is 0 Å². The Morgan fingerprint density at radius 3 is 0.642 bits per heavy atom. The first-order valence-corrected chi connectivity index (χ1v) is 37.2. The van der Waals surface area contributed by atoms with Crippen molar-refractivity contribution in [3.63, 3.8) is 0 Å². The Kier molecular flexibility index (Phi) is 69.0. The van der Waals surface area contributed by atoms with E-state index in [1.54, 1.807) is 0 Å². The van der Waals surface area contributed by atoms with E-state index in [1.807, 2.05) is 0 Å². The number of carbonyl (C=O) groups is 3. The normalized spacial score (nSPS) is 12.0. The van der Waals surface area contributed by atoms with Crippen molar-refractivity contribution in [3.8, 4) is 0 Å². The lowest BCUT2D eigenvalue weighted by Crippen LogP contribution is -2.30. The van der Waals surface area contributed by atoms with Crippen LogP contribution in [0.25, 0.3) is 0 Å². The maximum Gasteiger partial charge on any atom is 0.306 e. The summed E-state index contributed by atoms with van der Waals surface area (Å²) in [4.78, 5) is 38.4. The van der Waals surface area contributed by atoms with Crippen molar-refractivity contribution in [1.82, 2.24) is 0 Å². The number of ether oxygens (including phenoxy) is 3. The maximum atomic E-state index is 13.0. The average molecular weight is 1140 g/mol. The smallest absolute Gasteiger partial charge is 0.306 e. The fourth-order valence-electron chi connectivity index (χ4n) is 11.7. The molecule has 0 spiro atoms. The number of allylic oxidation sites excluding steroid dienone is 2. The van der Waals surface area contributed by atoms with Crippen LogP contribution in [0.5, 0.6) is 0 Å². The third kappa shape index (κ3) is 68.8. The second kappa shape index (κ2) is 70.6. The van der Waals surface area contributed by atoms with Crippen LogP contribution in [-0.2, 0) is 28.6 Å². The molecule has 0 aliphatic carbocycles. The molecule has 0 rings (SSSR count). The van der Waals surface area contributed by atoms with Gasteiger partial charge in [-0.1, -0.05) is 380 Å². The molecule has 1 atom stereocenters. The van der Waals surface area contributed by atoms with Crippen molar-refractivity contribution in [1.29, 1.82) is 0 Å². The highest BCUT2D eigenvalue weighted by Gasteiger charge is 2.20. The topological polar surface area (TPSA) is 78.9 Å². The molecule has 0 bridgehead atoms. The van der Waals surface area contributed by atoms with Gasteiger partial charge in [0.2, 0.25) is 0 Å². The van der Waals surface area contributed by atoms with Gasteiger partial charge >= 0.3 is 17.9 Å². The van der Waals surface area contributed by atoms with Gasteiger partial charge in [-0.25, -0.2) is 0 Å². The number of esters is 3. The van der Waals surface area contributed by atoms with Gasteiger partial charge < -0.3 is 14.2 Å². The van der Waals surface area contributed by atoms with E-state index < -0.39 is 6.10 Å². The van der Waals surface area contributed by atoms with Crippen LogP contribution in [0.3, 0.4) is 0 Å². The Bertz CT molecular complexity index is 1260. The van der Waals surface area contributed by atoms with Crippen LogP contribution in [0.15, 0.2) is 12.2 Å². The second-order valence-corrected chi connectivity index (χ2v) is 25.6. The molecular weight excluding hydrogens is 997 g/mol. The van der Waals surface area contributed by atoms with Crippen molar-refractivity contribution in [2.24, 2.45) is 0 Å². The van der Waals surface area contributed by atoms with Gasteiger partial charge in [-0.15, -0.1) is 0 Å². The molecule has 6 heteroatoms. The fourth-order valence-corrected chi connectivity index (χ4v) is 11.7. The van der Waals surface area contributed by atoms with Crippen LogP contribution in [0.1, 0.15) is 432 Å². The van der Waals surface area contributed by atoms with Crippen LogP contribution in [0.2, 0.25) is 0 Å². The summed E-state index contributed by atoms with van der Waals surface area (Å²) in [6, 6.07) is 0. The van der Waals surface area contributed by atoms with Gasteiger partial charge in [-0.2, -0.15) is 0 Å². The first-order chi connectivity index (χ1) is 40.0. The Morgan fingerprint density at radius 2 is 0.407 bits per heavy atom. The molecule has 0 aromatic carbocycles. The highest BCUT2D eigenvalue weighted by atomic mass is 16.6. The summed E-state index contributed by atoms with van der Waals surface area (Å²) in [5.74, 6) is -0.839. The predicted molar refractivity (Wildman–Crippen MR) is 353 cm³/mol. The number of hydrogen-bond acceptors (Lipinski definition) is 6. The van der Waals surface area contributed by atoms with Crippen LogP contribution in [0, 0.1) is 0 Å². The SMILES string of the molecule is CCCCC/C=C\CCCCCCCC(=O)OCC(COC(=O)CCCCCCCCCCCCCCCCCCCCCCCCCCCCC)OC(=O)CCCCCCCCCCCCCCCCCCCCCCCCCC. The summed E-state index contributed by atoms with van der Waals surface area (Å²) in [6.45, 7) is 6.71. The molecule has 0 saturated heterocycles. The Morgan fingerprint density at radius 1 is 0.235 bits per heavy atom. The van der Waals surface area contributed by atoms with Gasteiger partial charge in [0.1, 0.15) is 13.2 Å². The van der Waals surface area contributed by atoms with Crippen LogP contribution in [0.4, 0.5) is 0 Å². The molecule has 0 heterocycles. The van der Waals surface area contributed by atoms with Crippen molar-refractivity contribution in [2.75, 3.05) is 13.2 Å². The Balaban J connectivity index is 4.14. The van der Waals surface area contributed by atoms with Gasteiger partial charge in [0.15, 0.2) is 6.10 Å². The summed E-state index contributed by atoms with van der Waals surface area (Å²) < 4.78 is 17.0. The minimum Gasteiger partial charge on any atom is -0.462 e. The third-order valence-electron chi connectivity index (χ3n) is 17.3. The molecule has 480 valence electrons. The van der Waals surface area contributed by atoms with E-state index in [1.165, 1.54) is 327 Å². The number of carbonyl (C=O) groups excluding carboxylic acids is 3. The highest BCUT2D eigenvalue weighted by molar-refractivity contribution is 5.71. The van der Waals surface area contributed by atoms with E-state index in [0.717, 1.165) is 64.2 Å². The van der Waals surface area contributed by atoms with Gasteiger partial charge in [-0.05, 0) is 44.9 Å². The van der Waals surface area contributed by atoms with E-state index in [4.69, 9.17) is 14.2 Å². The van der Waals surface area contributed by atoms with Crippen molar-refractivity contribution >= 4 is 17.9 Å². The van der Waals surface area contributed by atoms with Crippen molar-refractivity contribution in [2.45, 2.75) is 438 Å². The van der Waals surface area contributed by atoms with Gasteiger partial charge in [-0.3, -0.25) is 14.4 Å². The number of rotatable bonds is 70. The summed E-state index contributed by atoms with van der Waals surface area (Å²) in [5.41, 5.74) is 0. The van der Waals surface area contributed by atoms with Crippen LogP contribution >= 0.6 is 0 Å². The molecule has 0 fully saturated rings. The molecule has 81 heavy (non-hydrogen) atoms. The predicted octanol–water partition coefficient (Wildman–Crippen LogP) is 25.6. The molecule has 0 aliphatic heterocycles. The minimum atomic E-state index is -0.770. The lowest BCUT2D eigenvalue weighted by Gasteiger charge is -2.18. The molecule has 0 saturated carbocycles. The third-order valence-corrected chi connectivity index (χ3v) is 17.3. The standard InChI is InChI=1S/C75H144O6/c1-4-7-10-13-16-19-22-25-27-29-31-33-35-37-38-39-41-42-44-46-48-50-53-56-59-62-65-68-74(77)80-71-72(70-79-73(76)67-64-61-58-55-52-24-21-18-15-12-9-6-3)81-75(78)69-66-63-60-57-54-51-49-47-45-43-40-36-34-32-30-28-26-23-20-17-14-11-8-5-2/h18,21,72H,4-17,19-20,22-71H2,1-3H3/b21-18-. The van der Waals surface area contributed by atoms with Crippen molar-refractivity contribution < 1.29 is 28.6 Å². The molecule has 0 aliphatic rings. The lowest BCUT2D eigenvalue weighted by molar-refractivity contribution is -0.167. The Hall–Kier alpha value is -1.85. The zero-order chi connectivity index (χ0) is 58.5. The minimum absolute atomic E-state index is 0.0656. The van der Waals surface area contributed by atoms with E-state index in [-0.39, 0.29) is 31.1 Å². The fraction of sp³-hybridized carbons (Fsp3) is 0.933. The highest BCUT2D eigenvalue weighted by Crippen LogP contribution is 2.20. The molecule has 6 nitrogen and oxygen atoms in total. The maximum absolute atomic E-state index is 13.0. The first-order valence-electron chi connectivity index (χ1n) is 37.2. The zero-order valence-electron chi connectivity index (χ0n) is 55.4. The molecule has 0 aromatic rings. The number of hydrogen-bond donors (Lipinski definition) is 0. The Labute approximate surface area is 507 Å². The second-order valence-electron chi connectivity index (χ2n) is 25.6.